The highest BCUT2D eigenvalue weighted by atomic mass is 35.5. The van der Waals surface area contributed by atoms with E-state index in [2.05, 4.69) is 12.1 Å². The molecule has 0 saturated heterocycles. The van der Waals surface area contributed by atoms with Crippen LogP contribution in [0.25, 0.3) is 0 Å². The SMILES string of the molecule is O=C(O)CCOC1CCc2cc(OCc3ccc(Cl)cc3)ccc2C1. The van der Waals surface area contributed by atoms with Crippen molar-refractivity contribution < 1.29 is 19.4 Å². The Hall–Kier alpha value is -2.04. The minimum Gasteiger partial charge on any atom is -0.489 e. The lowest BCUT2D eigenvalue weighted by atomic mass is 9.89. The molecule has 132 valence electrons. The van der Waals surface area contributed by atoms with Crippen molar-refractivity contribution in [3.63, 3.8) is 0 Å². The molecule has 0 spiro atoms. The first-order valence-corrected chi connectivity index (χ1v) is 8.80. The Balaban J connectivity index is 1.54. The van der Waals surface area contributed by atoms with Crippen molar-refractivity contribution in [3.8, 4) is 5.75 Å². The monoisotopic (exact) mass is 360 g/mol. The molecule has 1 aliphatic carbocycles. The average Bonchev–Trinajstić information content (AvgIpc) is 2.61. The standard InChI is InChI=1S/C20H21ClO4/c21-17-5-1-14(2-6-17)13-25-19-8-4-15-11-18(7-3-16(15)12-19)24-10-9-20(22)23/h1-2,4-6,8,12,18H,3,7,9-11,13H2,(H,22,23). The number of carboxylic acids is 1. The highest BCUT2D eigenvalue weighted by Gasteiger charge is 2.19. The van der Waals surface area contributed by atoms with Gasteiger partial charge in [-0.05, 0) is 60.2 Å². The van der Waals surface area contributed by atoms with Gasteiger partial charge in [-0.2, -0.15) is 0 Å². The molecular weight excluding hydrogens is 340 g/mol. The predicted molar refractivity (Wildman–Crippen MR) is 96.2 cm³/mol. The van der Waals surface area contributed by atoms with Gasteiger partial charge in [0.1, 0.15) is 12.4 Å². The van der Waals surface area contributed by atoms with Gasteiger partial charge in [0.15, 0.2) is 0 Å². The number of rotatable bonds is 7. The normalized spacial score (nSPS) is 16.3. The zero-order valence-corrected chi connectivity index (χ0v) is 14.7. The van der Waals surface area contributed by atoms with E-state index in [1.54, 1.807) is 0 Å². The lowest BCUT2D eigenvalue weighted by Crippen LogP contribution is -2.23. The first-order chi connectivity index (χ1) is 12.1. The van der Waals surface area contributed by atoms with Gasteiger partial charge in [-0.15, -0.1) is 0 Å². The Morgan fingerprint density at radius 3 is 2.72 bits per heavy atom. The molecule has 5 heteroatoms. The zero-order valence-electron chi connectivity index (χ0n) is 13.9. The Bertz CT molecular complexity index is 727. The van der Waals surface area contributed by atoms with Crippen LogP contribution in [0.1, 0.15) is 29.5 Å². The molecule has 4 nitrogen and oxygen atoms in total. The molecule has 3 rings (SSSR count). The number of aliphatic carboxylic acids is 1. The maximum absolute atomic E-state index is 10.6. The van der Waals surface area contributed by atoms with Crippen molar-refractivity contribution in [3.05, 3.63) is 64.2 Å². The van der Waals surface area contributed by atoms with Gasteiger partial charge in [0.05, 0.1) is 19.1 Å². The fourth-order valence-electron chi connectivity index (χ4n) is 2.99. The van der Waals surface area contributed by atoms with E-state index in [1.807, 2.05) is 30.3 Å². The molecular formula is C20H21ClO4. The summed E-state index contributed by atoms with van der Waals surface area (Å²) in [6, 6.07) is 13.8. The summed E-state index contributed by atoms with van der Waals surface area (Å²) < 4.78 is 11.5. The Kier molecular flexibility index (Phi) is 5.95. The van der Waals surface area contributed by atoms with Crippen molar-refractivity contribution in [2.24, 2.45) is 0 Å². The van der Waals surface area contributed by atoms with Crippen LogP contribution in [-0.4, -0.2) is 23.8 Å². The number of benzene rings is 2. The van der Waals surface area contributed by atoms with Crippen molar-refractivity contribution >= 4 is 17.6 Å². The third-order valence-electron chi connectivity index (χ3n) is 4.35. The number of fused-ring (bicyclic) bond motifs is 1. The van der Waals surface area contributed by atoms with E-state index < -0.39 is 5.97 Å². The van der Waals surface area contributed by atoms with Crippen molar-refractivity contribution in [1.82, 2.24) is 0 Å². The maximum Gasteiger partial charge on any atom is 0.305 e. The van der Waals surface area contributed by atoms with E-state index in [0.29, 0.717) is 6.61 Å². The molecule has 1 unspecified atom stereocenters. The van der Waals surface area contributed by atoms with E-state index in [4.69, 9.17) is 26.2 Å². The van der Waals surface area contributed by atoms with E-state index >= 15 is 0 Å². The quantitative estimate of drug-likeness (QED) is 0.801. The van der Waals surface area contributed by atoms with E-state index in [0.717, 1.165) is 35.6 Å². The third kappa shape index (κ3) is 5.21. The molecule has 0 heterocycles. The van der Waals surface area contributed by atoms with Gasteiger partial charge in [-0.25, -0.2) is 0 Å². The van der Waals surface area contributed by atoms with Crippen LogP contribution >= 0.6 is 11.6 Å². The second-order valence-corrected chi connectivity index (χ2v) is 6.66. The molecule has 1 atom stereocenters. The summed E-state index contributed by atoms with van der Waals surface area (Å²) in [6.45, 7) is 0.786. The van der Waals surface area contributed by atoms with Gasteiger partial charge in [0.2, 0.25) is 0 Å². The van der Waals surface area contributed by atoms with Gasteiger partial charge in [-0.3, -0.25) is 4.79 Å². The molecule has 2 aromatic carbocycles. The number of aryl methyl sites for hydroxylation is 1. The summed E-state index contributed by atoms with van der Waals surface area (Å²) in [6.07, 6.45) is 2.82. The predicted octanol–water partition coefficient (Wildman–Crippen LogP) is 4.27. The molecule has 1 N–H and O–H groups in total. The number of halogens is 1. The fourth-order valence-corrected chi connectivity index (χ4v) is 3.12. The molecule has 25 heavy (non-hydrogen) atoms. The molecule has 2 aromatic rings. The van der Waals surface area contributed by atoms with E-state index in [1.165, 1.54) is 11.1 Å². The summed E-state index contributed by atoms with van der Waals surface area (Å²) in [5.74, 6) is 0.0395. The van der Waals surface area contributed by atoms with E-state index in [9.17, 15) is 4.79 Å². The molecule has 0 aliphatic heterocycles. The molecule has 1 aliphatic rings. The molecule has 0 amide bonds. The molecule has 0 fully saturated rings. The molecule has 0 radical (unpaired) electrons. The van der Waals surface area contributed by atoms with Crippen LogP contribution in [0.15, 0.2) is 42.5 Å². The van der Waals surface area contributed by atoms with Gasteiger partial charge in [0, 0.05) is 5.02 Å². The van der Waals surface area contributed by atoms with Gasteiger partial charge in [0.25, 0.3) is 0 Å². The minimum atomic E-state index is -0.821. The number of carboxylic acid groups (broad SMARTS) is 1. The number of hydrogen-bond acceptors (Lipinski definition) is 3. The Labute approximate surface area is 152 Å². The number of ether oxygens (including phenoxy) is 2. The van der Waals surface area contributed by atoms with Crippen LogP contribution in [0.5, 0.6) is 5.75 Å². The molecule has 0 saturated carbocycles. The van der Waals surface area contributed by atoms with Crippen LogP contribution < -0.4 is 4.74 Å². The largest absolute Gasteiger partial charge is 0.489 e. The fraction of sp³-hybridized carbons (Fsp3) is 0.350. The summed E-state index contributed by atoms with van der Waals surface area (Å²) in [5, 5.41) is 9.40. The van der Waals surface area contributed by atoms with Crippen LogP contribution in [0, 0.1) is 0 Å². The number of carbonyl (C=O) groups is 1. The van der Waals surface area contributed by atoms with Crippen LogP contribution in [-0.2, 0) is 29.0 Å². The highest BCUT2D eigenvalue weighted by Crippen LogP contribution is 2.27. The number of hydrogen-bond donors (Lipinski definition) is 1. The minimum absolute atomic E-state index is 0.0564. The molecule has 0 bridgehead atoms. The van der Waals surface area contributed by atoms with E-state index in [-0.39, 0.29) is 19.1 Å². The van der Waals surface area contributed by atoms with Gasteiger partial charge >= 0.3 is 5.97 Å². The lowest BCUT2D eigenvalue weighted by molar-refractivity contribution is -0.138. The third-order valence-corrected chi connectivity index (χ3v) is 4.60. The summed E-state index contributed by atoms with van der Waals surface area (Å²) in [7, 11) is 0. The summed E-state index contributed by atoms with van der Waals surface area (Å²) >= 11 is 5.89. The maximum atomic E-state index is 10.6. The highest BCUT2D eigenvalue weighted by molar-refractivity contribution is 6.30. The second kappa shape index (κ2) is 8.37. The van der Waals surface area contributed by atoms with Crippen molar-refractivity contribution in [1.29, 1.82) is 0 Å². The Morgan fingerprint density at radius 1 is 1.16 bits per heavy atom. The van der Waals surface area contributed by atoms with Gasteiger partial charge < -0.3 is 14.6 Å². The van der Waals surface area contributed by atoms with Crippen LogP contribution in [0.3, 0.4) is 0 Å². The zero-order chi connectivity index (χ0) is 17.6. The van der Waals surface area contributed by atoms with Crippen molar-refractivity contribution in [2.45, 2.75) is 38.4 Å². The lowest BCUT2D eigenvalue weighted by Gasteiger charge is -2.25. The van der Waals surface area contributed by atoms with Gasteiger partial charge in [-0.1, -0.05) is 29.8 Å². The average molecular weight is 361 g/mol. The first-order valence-electron chi connectivity index (χ1n) is 8.42. The van der Waals surface area contributed by atoms with Crippen LogP contribution in [0.2, 0.25) is 5.02 Å². The molecule has 0 aromatic heterocycles. The summed E-state index contributed by atoms with van der Waals surface area (Å²) in [4.78, 5) is 10.6. The summed E-state index contributed by atoms with van der Waals surface area (Å²) in [5.41, 5.74) is 3.62. The van der Waals surface area contributed by atoms with Crippen molar-refractivity contribution in [2.75, 3.05) is 6.61 Å². The Morgan fingerprint density at radius 2 is 1.96 bits per heavy atom. The van der Waals surface area contributed by atoms with Crippen LogP contribution in [0.4, 0.5) is 0 Å². The topological polar surface area (TPSA) is 55.8 Å². The smallest absolute Gasteiger partial charge is 0.305 e. The first kappa shape index (κ1) is 17.8. The second-order valence-electron chi connectivity index (χ2n) is 6.22.